The number of nitrogens with two attached hydrogens (primary N) is 1. The van der Waals surface area contributed by atoms with Crippen LogP contribution in [-0.4, -0.2) is 63.2 Å². The zero-order chi connectivity index (χ0) is 29.2. The van der Waals surface area contributed by atoms with Crippen LogP contribution in [0.5, 0.6) is 11.5 Å². The van der Waals surface area contributed by atoms with Gasteiger partial charge in [-0.2, -0.15) is 26.3 Å². The molecule has 5 nitrogen and oxygen atoms in total. The number of benzene rings is 3. The first-order valence-electron chi connectivity index (χ1n) is 12.6. The van der Waals surface area contributed by atoms with Gasteiger partial charge in [-0.05, 0) is 29.7 Å². The van der Waals surface area contributed by atoms with Crippen LogP contribution in [0, 0.1) is 0 Å². The second-order valence-corrected chi connectivity index (χ2v) is 9.70. The van der Waals surface area contributed by atoms with Crippen molar-refractivity contribution < 1.29 is 35.8 Å². The third kappa shape index (κ3) is 5.08. The molecular weight excluding hydrogens is 536 g/mol. The van der Waals surface area contributed by atoms with E-state index in [2.05, 4.69) is 0 Å². The van der Waals surface area contributed by atoms with Crippen molar-refractivity contribution >= 4 is 5.69 Å². The highest BCUT2D eigenvalue weighted by Gasteiger charge is 2.79. The third-order valence-corrected chi connectivity index (χ3v) is 7.65. The Hall–Kier alpha value is -3.44. The molecule has 40 heavy (non-hydrogen) atoms. The van der Waals surface area contributed by atoms with Crippen molar-refractivity contribution in [1.82, 2.24) is 4.90 Å². The van der Waals surface area contributed by atoms with Gasteiger partial charge in [-0.25, -0.2) is 0 Å². The lowest BCUT2D eigenvalue weighted by Crippen LogP contribution is -2.80. The molecule has 1 heterocycles. The van der Waals surface area contributed by atoms with Gasteiger partial charge in [0.2, 0.25) is 5.54 Å². The van der Waals surface area contributed by atoms with E-state index in [1.165, 1.54) is 55.5 Å². The number of piperazine rings is 1. The van der Waals surface area contributed by atoms with E-state index in [0.29, 0.717) is 22.7 Å². The molecule has 0 aromatic heterocycles. The van der Waals surface area contributed by atoms with Gasteiger partial charge in [-0.1, -0.05) is 60.7 Å². The molecule has 0 radical (unpaired) electrons. The van der Waals surface area contributed by atoms with Crippen LogP contribution < -0.4 is 20.1 Å². The van der Waals surface area contributed by atoms with Crippen LogP contribution in [0.1, 0.15) is 11.1 Å². The maximum atomic E-state index is 14.8. The Labute approximate surface area is 229 Å². The zero-order valence-corrected chi connectivity index (χ0v) is 22.1. The molecule has 1 atom stereocenters. The van der Waals surface area contributed by atoms with Gasteiger partial charge in [0, 0.05) is 32.2 Å². The summed E-state index contributed by atoms with van der Waals surface area (Å²) >= 11 is 0. The predicted molar refractivity (Wildman–Crippen MR) is 141 cm³/mol. The lowest BCUT2D eigenvalue weighted by molar-refractivity contribution is -0.333. The normalized spacial score (nSPS) is 16.9. The first-order valence-corrected chi connectivity index (χ1v) is 12.6. The number of hydrogen-bond acceptors (Lipinski definition) is 5. The minimum absolute atomic E-state index is 0.123. The van der Waals surface area contributed by atoms with Gasteiger partial charge in [-0.3, -0.25) is 4.90 Å². The van der Waals surface area contributed by atoms with Gasteiger partial charge in [0.25, 0.3) is 0 Å². The van der Waals surface area contributed by atoms with Gasteiger partial charge >= 0.3 is 12.4 Å². The molecule has 3 aromatic rings. The fourth-order valence-corrected chi connectivity index (χ4v) is 5.62. The highest BCUT2D eigenvalue weighted by Crippen LogP contribution is 2.55. The molecule has 0 bridgehead atoms. The maximum Gasteiger partial charge on any atom is 0.417 e. The SMILES string of the molecule is COc1ccc(N2CCN(C(Cc3ccccc3)(c3ccccc3)C(N)(C(F)(F)F)C(F)(F)F)CC2)c(OC)c1. The maximum absolute atomic E-state index is 14.8. The van der Waals surface area contributed by atoms with Crippen molar-refractivity contribution in [3.05, 3.63) is 90.0 Å². The highest BCUT2D eigenvalue weighted by atomic mass is 19.4. The molecule has 216 valence electrons. The Bertz CT molecular complexity index is 1250. The third-order valence-electron chi connectivity index (χ3n) is 7.65. The monoisotopic (exact) mass is 567 g/mol. The van der Waals surface area contributed by atoms with E-state index in [9.17, 15) is 26.3 Å². The molecule has 1 aliphatic heterocycles. The molecule has 3 aromatic carbocycles. The standard InChI is InChI=1S/C29H31F6N3O2/c1-39-23-13-14-24(25(19-23)40-2)37-15-17-38(18-16-37)26(22-11-7-4-8-12-22,20-21-9-5-3-6-10-21)27(36,28(30,31)32)29(33,34)35/h3-14,19H,15-18,20,36H2,1-2H3. The Kier molecular flexibility index (Phi) is 8.28. The summed E-state index contributed by atoms with van der Waals surface area (Å²) in [7, 11) is 2.98. The largest absolute Gasteiger partial charge is 0.497 e. The highest BCUT2D eigenvalue weighted by molar-refractivity contribution is 5.61. The molecular formula is C29H31F6N3O2. The van der Waals surface area contributed by atoms with Crippen LogP contribution in [0.25, 0.3) is 0 Å². The van der Waals surface area contributed by atoms with Gasteiger partial charge < -0.3 is 20.1 Å². The zero-order valence-electron chi connectivity index (χ0n) is 22.1. The summed E-state index contributed by atoms with van der Waals surface area (Å²) in [5.74, 6) is 1.03. The van der Waals surface area contributed by atoms with E-state index in [-0.39, 0.29) is 31.7 Å². The summed E-state index contributed by atoms with van der Waals surface area (Å²) < 4.78 is 99.7. The van der Waals surface area contributed by atoms with E-state index >= 15 is 0 Å². The van der Waals surface area contributed by atoms with Gasteiger partial charge in [0.15, 0.2) is 0 Å². The van der Waals surface area contributed by atoms with Crippen molar-refractivity contribution in [2.24, 2.45) is 5.73 Å². The average molecular weight is 568 g/mol. The Balaban J connectivity index is 1.86. The summed E-state index contributed by atoms with van der Waals surface area (Å²) in [4.78, 5) is 3.12. The summed E-state index contributed by atoms with van der Waals surface area (Å²) in [6.45, 7) is 0.0275. The second kappa shape index (κ2) is 11.2. The van der Waals surface area contributed by atoms with Crippen LogP contribution in [0.3, 0.4) is 0 Å². The molecule has 2 N–H and O–H groups in total. The molecule has 1 unspecified atom stereocenters. The smallest absolute Gasteiger partial charge is 0.417 e. The molecule has 1 saturated heterocycles. The predicted octanol–water partition coefficient (Wildman–Crippen LogP) is 5.79. The fourth-order valence-electron chi connectivity index (χ4n) is 5.62. The molecule has 0 saturated carbocycles. The quantitative estimate of drug-likeness (QED) is 0.350. The number of hydrogen-bond donors (Lipinski definition) is 1. The minimum atomic E-state index is -5.83. The summed E-state index contributed by atoms with van der Waals surface area (Å²) in [6, 6.07) is 20.0. The van der Waals surface area contributed by atoms with Gasteiger partial charge in [-0.15, -0.1) is 0 Å². The number of alkyl halides is 6. The van der Waals surface area contributed by atoms with Crippen LogP contribution in [0.15, 0.2) is 78.9 Å². The molecule has 1 fully saturated rings. The van der Waals surface area contributed by atoms with Crippen molar-refractivity contribution in [3.63, 3.8) is 0 Å². The lowest BCUT2D eigenvalue weighted by Gasteiger charge is -2.57. The lowest BCUT2D eigenvalue weighted by atomic mass is 9.66. The van der Waals surface area contributed by atoms with E-state index in [1.54, 1.807) is 42.5 Å². The number of rotatable bonds is 8. The number of nitrogens with zero attached hydrogens (tertiary/aromatic N) is 2. The average Bonchev–Trinajstić information content (AvgIpc) is 2.95. The Morgan fingerprint density at radius 3 is 1.77 bits per heavy atom. The van der Waals surface area contributed by atoms with Crippen molar-refractivity contribution in [2.45, 2.75) is 29.9 Å². The van der Waals surface area contributed by atoms with Crippen molar-refractivity contribution in [1.29, 1.82) is 0 Å². The first-order chi connectivity index (χ1) is 18.9. The van der Waals surface area contributed by atoms with Crippen LogP contribution in [-0.2, 0) is 12.0 Å². The van der Waals surface area contributed by atoms with Crippen molar-refractivity contribution in [2.75, 3.05) is 45.3 Å². The van der Waals surface area contributed by atoms with Crippen LogP contribution in [0.2, 0.25) is 0 Å². The Morgan fingerprint density at radius 1 is 0.725 bits per heavy atom. The topological polar surface area (TPSA) is 51.0 Å². The van der Waals surface area contributed by atoms with Crippen LogP contribution >= 0.6 is 0 Å². The summed E-state index contributed by atoms with van der Waals surface area (Å²) in [5, 5.41) is 0. The minimum Gasteiger partial charge on any atom is -0.497 e. The fraction of sp³-hybridized carbons (Fsp3) is 0.379. The number of methoxy groups -OCH3 is 2. The van der Waals surface area contributed by atoms with Gasteiger partial charge in [0.1, 0.15) is 11.5 Å². The van der Waals surface area contributed by atoms with Crippen molar-refractivity contribution in [3.8, 4) is 11.5 Å². The van der Waals surface area contributed by atoms with Crippen LogP contribution in [0.4, 0.5) is 32.0 Å². The molecule has 0 aliphatic carbocycles. The van der Waals surface area contributed by atoms with Gasteiger partial charge in [0.05, 0.1) is 25.4 Å². The Morgan fingerprint density at radius 2 is 1.27 bits per heavy atom. The number of halogens is 6. The summed E-state index contributed by atoms with van der Waals surface area (Å²) in [6.07, 6.45) is -12.3. The molecule has 4 rings (SSSR count). The van der Waals surface area contributed by atoms with E-state index in [4.69, 9.17) is 15.2 Å². The number of anilines is 1. The van der Waals surface area contributed by atoms with E-state index < -0.39 is 29.9 Å². The number of ether oxygens (including phenoxy) is 2. The summed E-state index contributed by atoms with van der Waals surface area (Å²) in [5.41, 5.74) is -0.779. The first kappa shape index (κ1) is 29.5. The second-order valence-electron chi connectivity index (χ2n) is 9.70. The molecule has 0 amide bonds. The molecule has 1 aliphatic rings. The van der Waals surface area contributed by atoms with E-state index in [0.717, 1.165) is 0 Å². The molecule has 0 spiro atoms. The molecule has 11 heteroatoms. The van der Waals surface area contributed by atoms with E-state index in [1.807, 2.05) is 4.90 Å².